The average molecular weight is 344 g/mol. The van der Waals surface area contributed by atoms with Crippen molar-refractivity contribution in [3.8, 4) is 5.75 Å². The van der Waals surface area contributed by atoms with Gasteiger partial charge in [0.25, 0.3) is 0 Å². The fourth-order valence-corrected chi connectivity index (χ4v) is 3.23. The highest BCUT2D eigenvalue weighted by Gasteiger charge is 2.25. The predicted molar refractivity (Wildman–Crippen MR) is 93.3 cm³/mol. The number of benzene rings is 1. The maximum atomic E-state index is 11.7. The van der Waals surface area contributed by atoms with Crippen LogP contribution in [0.1, 0.15) is 17.3 Å². The number of ether oxygens (including phenoxy) is 2. The van der Waals surface area contributed by atoms with Crippen LogP contribution in [0.2, 0.25) is 0 Å². The molecule has 1 aromatic carbocycles. The molecule has 2 heterocycles. The fraction of sp³-hybridized carbons (Fsp3) is 0.444. The van der Waals surface area contributed by atoms with Crippen molar-refractivity contribution >= 4 is 5.91 Å². The van der Waals surface area contributed by atoms with E-state index in [1.165, 1.54) is 7.11 Å². The number of aromatic nitrogens is 2. The van der Waals surface area contributed by atoms with Crippen LogP contribution in [-0.2, 0) is 22.6 Å². The highest BCUT2D eigenvalue weighted by molar-refractivity contribution is 5.77. The minimum atomic E-state index is -0.106. The molecule has 1 aliphatic heterocycles. The van der Waals surface area contributed by atoms with Crippen molar-refractivity contribution in [2.45, 2.75) is 19.1 Å². The van der Waals surface area contributed by atoms with Gasteiger partial charge in [-0.2, -0.15) is 0 Å². The van der Waals surface area contributed by atoms with E-state index in [4.69, 9.17) is 9.47 Å². The van der Waals surface area contributed by atoms with Gasteiger partial charge in [-0.25, -0.2) is 4.98 Å². The Bertz CT molecular complexity index is 716. The second-order valence-corrected chi connectivity index (χ2v) is 6.16. The maximum absolute atomic E-state index is 11.7. The van der Waals surface area contributed by atoms with Crippen LogP contribution in [0.15, 0.2) is 36.8 Å². The summed E-state index contributed by atoms with van der Waals surface area (Å²) in [5.74, 6) is 0.789. The van der Waals surface area contributed by atoms with E-state index >= 15 is 0 Å². The SMILES string of the molecule is COCC(=O)NC[C@H]1CN(Cc2ccccc2OC)Cc2cncn21. The Morgan fingerprint density at radius 3 is 3.00 bits per heavy atom. The van der Waals surface area contributed by atoms with Gasteiger partial charge in [-0.05, 0) is 6.07 Å². The fourth-order valence-electron chi connectivity index (χ4n) is 3.23. The number of carbonyl (C=O) groups excluding carboxylic acids is 1. The topological polar surface area (TPSA) is 68.6 Å². The van der Waals surface area contributed by atoms with Crippen molar-refractivity contribution in [3.63, 3.8) is 0 Å². The van der Waals surface area contributed by atoms with Gasteiger partial charge in [0.1, 0.15) is 12.4 Å². The van der Waals surface area contributed by atoms with Crippen molar-refractivity contribution in [1.29, 1.82) is 0 Å². The Kier molecular flexibility index (Phi) is 5.67. The van der Waals surface area contributed by atoms with E-state index in [0.717, 1.165) is 36.6 Å². The molecule has 0 radical (unpaired) electrons. The van der Waals surface area contributed by atoms with Crippen LogP contribution >= 0.6 is 0 Å². The van der Waals surface area contributed by atoms with E-state index in [9.17, 15) is 4.79 Å². The van der Waals surface area contributed by atoms with Gasteiger partial charge in [-0.3, -0.25) is 9.69 Å². The van der Waals surface area contributed by atoms with Gasteiger partial charge < -0.3 is 19.4 Å². The molecule has 25 heavy (non-hydrogen) atoms. The van der Waals surface area contributed by atoms with E-state index in [1.807, 2.05) is 30.7 Å². The highest BCUT2D eigenvalue weighted by atomic mass is 16.5. The van der Waals surface area contributed by atoms with Gasteiger partial charge in [-0.15, -0.1) is 0 Å². The molecule has 2 aromatic rings. The Labute approximate surface area is 147 Å². The number of carbonyl (C=O) groups is 1. The number of rotatable bonds is 7. The Morgan fingerprint density at radius 2 is 2.20 bits per heavy atom. The van der Waals surface area contributed by atoms with E-state index in [2.05, 4.69) is 25.8 Å². The van der Waals surface area contributed by atoms with Crippen molar-refractivity contribution in [2.75, 3.05) is 33.9 Å². The summed E-state index contributed by atoms with van der Waals surface area (Å²) in [5.41, 5.74) is 2.30. The first-order valence-electron chi connectivity index (χ1n) is 8.32. The van der Waals surface area contributed by atoms with Crippen molar-refractivity contribution in [3.05, 3.63) is 48.0 Å². The molecular formula is C18H24N4O3. The van der Waals surface area contributed by atoms with Gasteiger partial charge >= 0.3 is 0 Å². The van der Waals surface area contributed by atoms with Gasteiger partial charge in [0, 0.05) is 45.0 Å². The summed E-state index contributed by atoms with van der Waals surface area (Å²) in [6, 6.07) is 8.20. The molecule has 0 fully saturated rings. The molecule has 0 bridgehead atoms. The summed E-state index contributed by atoms with van der Waals surface area (Å²) in [6.07, 6.45) is 3.72. The summed E-state index contributed by atoms with van der Waals surface area (Å²) < 4.78 is 12.5. The molecule has 0 spiro atoms. The first-order valence-corrected chi connectivity index (χ1v) is 8.32. The largest absolute Gasteiger partial charge is 0.496 e. The van der Waals surface area contributed by atoms with E-state index in [-0.39, 0.29) is 18.6 Å². The smallest absolute Gasteiger partial charge is 0.246 e. The third kappa shape index (κ3) is 4.18. The number of hydrogen-bond donors (Lipinski definition) is 1. The van der Waals surface area contributed by atoms with Gasteiger partial charge in [0.05, 0.1) is 25.2 Å². The molecule has 3 rings (SSSR count). The first-order chi connectivity index (χ1) is 12.2. The summed E-state index contributed by atoms with van der Waals surface area (Å²) in [6.45, 7) is 3.06. The van der Waals surface area contributed by atoms with Crippen LogP contribution in [0.5, 0.6) is 5.75 Å². The number of amides is 1. The summed E-state index contributed by atoms with van der Waals surface area (Å²) >= 11 is 0. The number of para-hydroxylation sites is 1. The molecule has 7 nitrogen and oxygen atoms in total. The predicted octanol–water partition coefficient (Wildman–Crippen LogP) is 1.21. The lowest BCUT2D eigenvalue weighted by Crippen LogP contribution is -2.42. The lowest BCUT2D eigenvalue weighted by atomic mass is 10.1. The monoisotopic (exact) mass is 344 g/mol. The van der Waals surface area contributed by atoms with Crippen LogP contribution in [0, 0.1) is 0 Å². The molecule has 0 aliphatic carbocycles. The lowest BCUT2D eigenvalue weighted by Gasteiger charge is -2.34. The zero-order chi connectivity index (χ0) is 17.6. The Hall–Kier alpha value is -2.38. The molecule has 0 saturated carbocycles. The summed E-state index contributed by atoms with van der Waals surface area (Å²) in [5, 5.41) is 2.93. The van der Waals surface area contributed by atoms with Crippen molar-refractivity contribution in [1.82, 2.24) is 19.8 Å². The molecule has 134 valence electrons. The number of nitrogens with one attached hydrogen (secondary N) is 1. The molecular weight excluding hydrogens is 320 g/mol. The molecule has 1 amide bonds. The molecule has 1 aromatic heterocycles. The van der Waals surface area contributed by atoms with Crippen LogP contribution in [0.3, 0.4) is 0 Å². The van der Waals surface area contributed by atoms with Crippen LogP contribution in [0.25, 0.3) is 0 Å². The van der Waals surface area contributed by atoms with E-state index in [0.29, 0.717) is 6.54 Å². The first kappa shape index (κ1) is 17.4. The molecule has 0 unspecified atom stereocenters. The zero-order valence-electron chi connectivity index (χ0n) is 14.6. The van der Waals surface area contributed by atoms with E-state index in [1.54, 1.807) is 7.11 Å². The zero-order valence-corrected chi connectivity index (χ0v) is 14.6. The maximum Gasteiger partial charge on any atom is 0.246 e. The number of fused-ring (bicyclic) bond motifs is 1. The molecule has 1 aliphatic rings. The van der Waals surface area contributed by atoms with Crippen LogP contribution < -0.4 is 10.1 Å². The normalized spacial score (nSPS) is 17.1. The summed E-state index contributed by atoms with van der Waals surface area (Å²) in [7, 11) is 3.21. The second kappa shape index (κ2) is 8.13. The van der Waals surface area contributed by atoms with Crippen LogP contribution in [0.4, 0.5) is 0 Å². The van der Waals surface area contributed by atoms with Crippen molar-refractivity contribution < 1.29 is 14.3 Å². The quantitative estimate of drug-likeness (QED) is 0.818. The van der Waals surface area contributed by atoms with Gasteiger partial charge in [0.2, 0.25) is 5.91 Å². The third-order valence-corrected chi connectivity index (χ3v) is 4.39. The molecule has 0 saturated heterocycles. The molecule has 1 atom stereocenters. The van der Waals surface area contributed by atoms with Crippen molar-refractivity contribution in [2.24, 2.45) is 0 Å². The summed E-state index contributed by atoms with van der Waals surface area (Å²) in [4.78, 5) is 18.3. The van der Waals surface area contributed by atoms with E-state index < -0.39 is 0 Å². The minimum Gasteiger partial charge on any atom is -0.496 e. The number of methoxy groups -OCH3 is 2. The Balaban J connectivity index is 1.70. The number of nitrogens with zero attached hydrogens (tertiary/aromatic N) is 3. The third-order valence-electron chi connectivity index (χ3n) is 4.39. The average Bonchev–Trinajstić information content (AvgIpc) is 3.09. The lowest BCUT2D eigenvalue weighted by molar-refractivity contribution is -0.124. The second-order valence-electron chi connectivity index (χ2n) is 6.16. The number of imidazole rings is 1. The van der Waals surface area contributed by atoms with Gasteiger partial charge in [-0.1, -0.05) is 18.2 Å². The number of hydrogen-bond acceptors (Lipinski definition) is 5. The highest BCUT2D eigenvalue weighted by Crippen LogP contribution is 2.25. The minimum absolute atomic E-state index is 0.0778. The van der Waals surface area contributed by atoms with Gasteiger partial charge in [0.15, 0.2) is 0 Å². The Morgan fingerprint density at radius 1 is 1.36 bits per heavy atom. The standard InChI is InChI=1S/C18H24N4O3/c1-24-12-18(23)20-8-16-11-21(10-15-7-19-13-22(15)16)9-14-5-3-4-6-17(14)25-2/h3-7,13,16H,8-12H2,1-2H3,(H,20,23)/t16-/m0/s1. The molecule has 7 heteroatoms. The van der Waals surface area contributed by atoms with Crippen LogP contribution in [-0.4, -0.2) is 54.3 Å². The molecule has 1 N–H and O–H groups in total.